The lowest BCUT2D eigenvalue weighted by Gasteiger charge is -2.03. The van der Waals surface area contributed by atoms with Crippen LogP contribution < -0.4 is 10.6 Å². The highest BCUT2D eigenvalue weighted by molar-refractivity contribution is 5.98. The van der Waals surface area contributed by atoms with Gasteiger partial charge in [0.25, 0.3) is 0 Å². The molecule has 0 aliphatic carbocycles. The van der Waals surface area contributed by atoms with E-state index in [1.165, 1.54) is 13.2 Å². The van der Waals surface area contributed by atoms with Crippen LogP contribution in [0.4, 0.5) is 4.39 Å². The lowest BCUT2D eigenvalue weighted by atomic mass is 10.2. The number of pyridine rings is 1. The van der Waals surface area contributed by atoms with Crippen LogP contribution in [0, 0.1) is 5.82 Å². The Balaban J connectivity index is 3.19. The van der Waals surface area contributed by atoms with E-state index in [0.717, 1.165) is 6.20 Å². The van der Waals surface area contributed by atoms with Gasteiger partial charge in [-0.2, -0.15) is 5.10 Å². The molecule has 4 nitrogen and oxygen atoms in total. The number of halogens is 1. The number of nitrogens with zero attached hydrogens (tertiary/aromatic N) is 2. The first-order chi connectivity index (χ1) is 6.19. The Hall–Kier alpha value is -1.65. The number of methoxy groups -OCH3 is 1. The van der Waals surface area contributed by atoms with E-state index in [2.05, 4.69) is 10.1 Å². The van der Waals surface area contributed by atoms with Crippen LogP contribution in [0.2, 0.25) is 0 Å². The molecule has 0 atom stereocenters. The monoisotopic (exact) mass is 183 g/mol. The highest BCUT2D eigenvalue weighted by Crippen LogP contribution is 2.13. The lowest BCUT2D eigenvalue weighted by Crippen LogP contribution is -2.03. The molecule has 0 aliphatic rings. The van der Waals surface area contributed by atoms with Gasteiger partial charge in [0.05, 0.1) is 19.0 Å². The van der Waals surface area contributed by atoms with E-state index in [1.54, 1.807) is 6.92 Å². The van der Waals surface area contributed by atoms with Crippen LogP contribution in [0.15, 0.2) is 17.4 Å². The van der Waals surface area contributed by atoms with Crippen LogP contribution in [0.1, 0.15) is 12.5 Å². The smallest absolute Gasteiger partial charge is 0.213 e. The summed E-state index contributed by atoms with van der Waals surface area (Å²) in [4.78, 5) is 3.68. The predicted octanol–water partition coefficient (Wildman–Crippen LogP) is 0.912. The molecule has 0 aliphatic heterocycles. The fraction of sp³-hybridized carbons (Fsp3) is 0.250. The molecule has 0 bridgehead atoms. The van der Waals surface area contributed by atoms with Crippen LogP contribution >= 0.6 is 0 Å². The van der Waals surface area contributed by atoms with E-state index in [-0.39, 0.29) is 0 Å². The molecule has 0 saturated carbocycles. The van der Waals surface area contributed by atoms with Gasteiger partial charge >= 0.3 is 0 Å². The van der Waals surface area contributed by atoms with Gasteiger partial charge < -0.3 is 10.6 Å². The van der Waals surface area contributed by atoms with E-state index >= 15 is 0 Å². The molecule has 0 radical (unpaired) electrons. The second-order valence-corrected chi connectivity index (χ2v) is 2.42. The number of ether oxygens (including phenoxy) is 1. The highest BCUT2D eigenvalue weighted by atomic mass is 19.1. The third-order valence-electron chi connectivity index (χ3n) is 1.62. The quantitative estimate of drug-likeness (QED) is 0.421. The highest BCUT2D eigenvalue weighted by Gasteiger charge is 2.07. The van der Waals surface area contributed by atoms with Crippen molar-refractivity contribution >= 4 is 5.71 Å². The van der Waals surface area contributed by atoms with Crippen LogP contribution in [-0.2, 0) is 0 Å². The molecule has 0 spiro atoms. The molecule has 70 valence electrons. The third kappa shape index (κ3) is 1.93. The Kier molecular flexibility index (Phi) is 2.79. The molecule has 1 heterocycles. The Bertz CT molecular complexity index is 338. The normalized spacial score (nSPS) is 11.5. The lowest BCUT2D eigenvalue weighted by molar-refractivity contribution is 0.395. The minimum atomic E-state index is -0.465. The fourth-order valence-corrected chi connectivity index (χ4v) is 0.878. The number of hydrazone groups is 1. The summed E-state index contributed by atoms with van der Waals surface area (Å²) < 4.78 is 17.9. The predicted molar refractivity (Wildman–Crippen MR) is 47.1 cm³/mol. The van der Waals surface area contributed by atoms with Gasteiger partial charge in [0.2, 0.25) is 5.88 Å². The van der Waals surface area contributed by atoms with Crippen molar-refractivity contribution in [2.75, 3.05) is 7.11 Å². The molecule has 0 fully saturated rings. The summed E-state index contributed by atoms with van der Waals surface area (Å²) >= 11 is 0. The third-order valence-corrected chi connectivity index (χ3v) is 1.62. The number of rotatable bonds is 2. The zero-order valence-electron chi connectivity index (χ0n) is 7.41. The molecule has 0 aromatic carbocycles. The molecule has 1 aromatic heterocycles. The number of nitrogens with two attached hydrogens (primary N) is 1. The van der Waals surface area contributed by atoms with Crippen molar-refractivity contribution in [1.82, 2.24) is 4.98 Å². The van der Waals surface area contributed by atoms with E-state index < -0.39 is 5.82 Å². The number of aromatic nitrogens is 1. The fourth-order valence-electron chi connectivity index (χ4n) is 0.878. The van der Waals surface area contributed by atoms with Crippen molar-refractivity contribution in [3.05, 3.63) is 23.6 Å². The molecule has 0 saturated heterocycles. The maximum atomic E-state index is 13.1. The first kappa shape index (κ1) is 9.44. The molecule has 1 aromatic rings. The minimum Gasteiger partial charge on any atom is -0.481 e. The number of hydrogen-bond acceptors (Lipinski definition) is 4. The first-order valence-corrected chi connectivity index (χ1v) is 3.63. The number of hydrogen-bond donors (Lipinski definition) is 1. The van der Waals surface area contributed by atoms with Crippen molar-refractivity contribution in [1.29, 1.82) is 0 Å². The maximum absolute atomic E-state index is 13.1. The minimum absolute atomic E-state index is 0.300. The molecule has 2 N–H and O–H groups in total. The van der Waals surface area contributed by atoms with Crippen LogP contribution in [0.3, 0.4) is 0 Å². The molecule has 13 heavy (non-hydrogen) atoms. The largest absolute Gasteiger partial charge is 0.481 e. The first-order valence-electron chi connectivity index (χ1n) is 3.63. The van der Waals surface area contributed by atoms with E-state index in [0.29, 0.717) is 17.2 Å². The molecular weight excluding hydrogens is 173 g/mol. The van der Waals surface area contributed by atoms with Crippen LogP contribution in [0.25, 0.3) is 0 Å². The standard InChI is InChI=1S/C8H10FN3O/c1-5(12-10)6-3-8(13-2)11-4-7(6)9/h3-4H,10H2,1-2H3/b12-5+. The summed E-state index contributed by atoms with van der Waals surface area (Å²) in [7, 11) is 1.46. The second-order valence-electron chi connectivity index (χ2n) is 2.42. The average molecular weight is 183 g/mol. The van der Waals surface area contributed by atoms with Crippen molar-refractivity contribution in [3.8, 4) is 5.88 Å². The summed E-state index contributed by atoms with van der Waals surface area (Å²) in [5.74, 6) is 4.89. The van der Waals surface area contributed by atoms with Gasteiger partial charge in [-0.3, -0.25) is 0 Å². The zero-order chi connectivity index (χ0) is 9.84. The van der Waals surface area contributed by atoms with Crippen LogP contribution in [0.5, 0.6) is 5.88 Å². The summed E-state index contributed by atoms with van der Waals surface area (Å²) in [5, 5.41) is 3.39. The van der Waals surface area contributed by atoms with Gasteiger partial charge in [-0.05, 0) is 6.92 Å². The van der Waals surface area contributed by atoms with Gasteiger partial charge in [-0.15, -0.1) is 0 Å². The van der Waals surface area contributed by atoms with E-state index in [1.807, 2.05) is 0 Å². The van der Waals surface area contributed by atoms with Gasteiger partial charge in [0.15, 0.2) is 5.82 Å². The van der Waals surface area contributed by atoms with Gasteiger partial charge in [0, 0.05) is 11.6 Å². The van der Waals surface area contributed by atoms with Crippen molar-refractivity contribution in [3.63, 3.8) is 0 Å². The van der Waals surface area contributed by atoms with Gasteiger partial charge in [-0.25, -0.2) is 9.37 Å². The van der Waals surface area contributed by atoms with Crippen LogP contribution in [-0.4, -0.2) is 17.8 Å². The molecular formula is C8H10FN3O. The molecule has 0 amide bonds. The van der Waals surface area contributed by atoms with Gasteiger partial charge in [0.1, 0.15) is 0 Å². The molecule has 5 heteroatoms. The molecule has 0 unspecified atom stereocenters. The summed E-state index contributed by atoms with van der Waals surface area (Å²) in [5.41, 5.74) is 0.701. The Labute approximate surface area is 75.2 Å². The van der Waals surface area contributed by atoms with E-state index in [4.69, 9.17) is 10.6 Å². The van der Waals surface area contributed by atoms with Crippen molar-refractivity contribution in [2.24, 2.45) is 10.9 Å². The van der Waals surface area contributed by atoms with Crippen molar-refractivity contribution < 1.29 is 9.13 Å². The Morgan fingerprint density at radius 1 is 1.69 bits per heavy atom. The molecule has 1 rings (SSSR count). The van der Waals surface area contributed by atoms with Gasteiger partial charge in [-0.1, -0.05) is 0 Å². The van der Waals surface area contributed by atoms with Crippen molar-refractivity contribution in [2.45, 2.75) is 6.92 Å². The van der Waals surface area contributed by atoms with E-state index in [9.17, 15) is 4.39 Å². The summed E-state index contributed by atoms with van der Waals surface area (Å²) in [6.07, 6.45) is 1.07. The topological polar surface area (TPSA) is 60.5 Å². The summed E-state index contributed by atoms with van der Waals surface area (Å²) in [6.45, 7) is 1.61. The maximum Gasteiger partial charge on any atom is 0.213 e. The Morgan fingerprint density at radius 3 is 2.92 bits per heavy atom. The Morgan fingerprint density at radius 2 is 2.38 bits per heavy atom. The second kappa shape index (κ2) is 3.84. The summed E-state index contributed by atoms with van der Waals surface area (Å²) in [6, 6.07) is 1.45. The average Bonchev–Trinajstić information content (AvgIpc) is 2.17. The zero-order valence-corrected chi connectivity index (χ0v) is 7.41. The SMILES string of the molecule is COc1cc(/C(C)=N/N)c(F)cn1.